The highest BCUT2D eigenvalue weighted by Gasteiger charge is 2.17. The van der Waals surface area contributed by atoms with Crippen LogP contribution in [0.2, 0.25) is 0 Å². The molecule has 2 aromatic rings. The molecule has 0 saturated heterocycles. The van der Waals surface area contributed by atoms with Crippen LogP contribution in [0.3, 0.4) is 0 Å². The van der Waals surface area contributed by atoms with Crippen LogP contribution >= 0.6 is 0 Å². The monoisotopic (exact) mass is 283 g/mol. The highest BCUT2D eigenvalue weighted by Crippen LogP contribution is 2.24. The molecule has 0 saturated carbocycles. The maximum absolute atomic E-state index is 13.1. The first-order chi connectivity index (χ1) is 10.3. The van der Waals surface area contributed by atoms with E-state index in [4.69, 9.17) is 0 Å². The van der Waals surface area contributed by atoms with E-state index < -0.39 is 0 Å². The first-order valence-corrected chi connectivity index (χ1v) is 7.83. The van der Waals surface area contributed by atoms with Crippen LogP contribution in [-0.4, -0.2) is 13.1 Å². The van der Waals surface area contributed by atoms with Crippen LogP contribution in [-0.2, 0) is 19.3 Å². The van der Waals surface area contributed by atoms with Gasteiger partial charge in [-0.1, -0.05) is 36.4 Å². The minimum Gasteiger partial charge on any atom is -0.316 e. The Hall–Kier alpha value is -1.67. The van der Waals surface area contributed by atoms with E-state index >= 15 is 0 Å². The molecule has 110 valence electrons. The predicted octanol–water partition coefficient (Wildman–Crippen LogP) is 3.76. The van der Waals surface area contributed by atoms with Gasteiger partial charge >= 0.3 is 0 Å². The number of hydrogen-bond donors (Lipinski definition) is 1. The summed E-state index contributed by atoms with van der Waals surface area (Å²) in [7, 11) is 0. The Morgan fingerprint density at radius 3 is 2.76 bits per heavy atom. The van der Waals surface area contributed by atoms with Gasteiger partial charge in [-0.05, 0) is 73.5 Å². The molecule has 0 aromatic heterocycles. The van der Waals surface area contributed by atoms with Gasteiger partial charge in [0.25, 0.3) is 0 Å². The zero-order valence-corrected chi connectivity index (χ0v) is 12.3. The van der Waals surface area contributed by atoms with Crippen molar-refractivity contribution in [3.05, 3.63) is 71.0 Å². The maximum atomic E-state index is 13.1. The van der Waals surface area contributed by atoms with Crippen LogP contribution in [0.1, 0.15) is 23.1 Å². The fraction of sp³-hybridized carbons (Fsp3) is 0.368. The van der Waals surface area contributed by atoms with E-state index in [2.05, 4.69) is 29.6 Å². The van der Waals surface area contributed by atoms with Crippen LogP contribution in [0.15, 0.2) is 48.5 Å². The van der Waals surface area contributed by atoms with Gasteiger partial charge in [-0.2, -0.15) is 0 Å². The fourth-order valence-corrected chi connectivity index (χ4v) is 3.18. The lowest BCUT2D eigenvalue weighted by Crippen LogP contribution is -2.28. The molecular weight excluding hydrogens is 261 g/mol. The summed E-state index contributed by atoms with van der Waals surface area (Å²) in [5.74, 6) is 0.587. The van der Waals surface area contributed by atoms with Gasteiger partial charge in [-0.15, -0.1) is 0 Å². The average molecular weight is 283 g/mol. The summed E-state index contributed by atoms with van der Waals surface area (Å²) in [5, 5.41) is 3.53. The summed E-state index contributed by atoms with van der Waals surface area (Å²) >= 11 is 0. The van der Waals surface area contributed by atoms with Crippen molar-refractivity contribution in [2.45, 2.75) is 25.7 Å². The number of halogens is 1. The molecule has 2 aromatic carbocycles. The molecule has 21 heavy (non-hydrogen) atoms. The SMILES string of the molecule is Fc1cccc(CCNCC2CCc3ccccc3C2)c1. The van der Waals surface area contributed by atoms with Crippen molar-refractivity contribution < 1.29 is 4.39 Å². The quantitative estimate of drug-likeness (QED) is 0.824. The van der Waals surface area contributed by atoms with Crippen molar-refractivity contribution in [3.8, 4) is 0 Å². The van der Waals surface area contributed by atoms with Crippen LogP contribution in [0.4, 0.5) is 4.39 Å². The summed E-state index contributed by atoms with van der Waals surface area (Å²) in [5.41, 5.74) is 4.10. The fourth-order valence-electron chi connectivity index (χ4n) is 3.18. The topological polar surface area (TPSA) is 12.0 Å². The van der Waals surface area contributed by atoms with Gasteiger partial charge in [-0.3, -0.25) is 0 Å². The van der Waals surface area contributed by atoms with Crippen molar-refractivity contribution in [2.75, 3.05) is 13.1 Å². The van der Waals surface area contributed by atoms with Crippen molar-refractivity contribution in [1.29, 1.82) is 0 Å². The number of fused-ring (bicyclic) bond motifs is 1. The summed E-state index contributed by atoms with van der Waals surface area (Å²) in [4.78, 5) is 0. The zero-order chi connectivity index (χ0) is 14.5. The van der Waals surface area contributed by atoms with Gasteiger partial charge in [0.05, 0.1) is 0 Å². The van der Waals surface area contributed by atoms with Gasteiger partial charge in [0, 0.05) is 0 Å². The van der Waals surface area contributed by atoms with Gasteiger partial charge in [0.2, 0.25) is 0 Å². The van der Waals surface area contributed by atoms with Gasteiger partial charge in [0.1, 0.15) is 5.82 Å². The molecule has 1 N–H and O–H groups in total. The van der Waals surface area contributed by atoms with Crippen LogP contribution < -0.4 is 5.32 Å². The lowest BCUT2D eigenvalue weighted by molar-refractivity contribution is 0.426. The molecule has 0 spiro atoms. The Bertz CT molecular complexity index is 594. The normalized spacial score (nSPS) is 17.5. The smallest absolute Gasteiger partial charge is 0.123 e. The molecule has 1 aliphatic rings. The standard InChI is InChI=1S/C19H22FN/c20-19-7-3-4-15(13-19)10-11-21-14-16-8-9-17-5-1-2-6-18(17)12-16/h1-7,13,16,21H,8-12,14H2. The second-order valence-electron chi connectivity index (χ2n) is 5.96. The van der Waals surface area contributed by atoms with Crippen molar-refractivity contribution >= 4 is 0 Å². The Balaban J connectivity index is 1.43. The van der Waals surface area contributed by atoms with E-state index in [1.807, 2.05) is 6.07 Å². The van der Waals surface area contributed by atoms with E-state index in [9.17, 15) is 4.39 Å². The van der Waals surface area contributed by atoms with Crippen LogP contribution in [0, 0.1) is 11.7 Å². The second-order valence-corrected chi connectivity index (χ2v) is 5.96. The Labute approximate surface area is 126 Å². The zero-order valence-electron chi connectivity index (χ0n) is 12.3. The molecule has 0 amide bonds. The van der Waals surface area contributed by atoms with Gasteiger partial charge in [-0.25, -0.2) is 4.39 Å². The number of nitrogens with one attached hydrogen (secondary N) is 1. The molecule has 0 heterocycles. The summed E-state index contributed by atoms with van der Waals surface area (Å²) in [6.07, 6.45) is 4.54. The average Bonchev–Trinajstić information content (AvgIpc) is 2.51. The van der Waals surface area contributed by atoms with E-state index in [0.717, 1.165) is 31.0 Å². The summed E-state index contributed by atoms with van der Waals surface area (Å²) in [6, 6.07) is 15.7. The summed E-state index contributed by atoms with van der Waals surface area (Å²) in [6.45, 7) is 1.98. The third-order valence-corrected chi connectivity index (χ3v) is 4.36. The molecule has 2 heteroatoms. The number of rotatable bonds is 5. The molecule has 0 radical (unpaired) electrons. The Kier molecular flexibility index (Phi) is 4.66. The second kappa shape index (κ2) is 6.86. The minimum absolute atomic E-state index is 0.142. The van der Waals surface area contributed by atoms with Gasteiger partial charge < -0.3 is 5.32 Å². The number of benzene rings is 2. The highest BCUT2D eigenvalue weighted by molar-refractivity contribution is 5.29. The largest absolute Gasteiger partial charge is 0.316 e. The van der Waals surface area contributed by atoms with Gasteiger partial charge in [0.15, 0.2) is 0 Å². The van der Waals surface area contributed by atoms with Crippen LogP contribution in [0.5, 0.6) is 0 Å². The molecule has 0 fully saturated rings. The van der Waals surface area contributed by atoms with Crippen molar-refractivity contribution in [2.24, 2.45) is 5.92 Å². The first kappa shape index (κ1) is 14.3. The Morgan fingerprint density at radius 2 is 1.90 bits per heavy atom. The van der Waals surface area contributed by atoms with Crippen molar-refractivity contribution in [1.82, 2.24) is 5.32 Å². The number of hydrogen-bond acceptors (Lipinski definition) is 1. The molecule has 1 unspecified atom stereocenters. The van der Waals surface area contributed by atoms with E-state index in [0.29, 0.717) is 0 Å². The van der Waals surface area contributed by atoms with E-state index in [1.165, 1.54) is 36.5 Å². The van der Waals surface area contributed by atoms with Crippen molar-refractivity contribution in [3.63, 3.8) is 0 Å². The van der Waals surface area contributed by atoms with E-state index in [-0.39, 0.29) is 5.82 Å². The van der Waals surface area contributed by atoms with Crippen LogP contribution in [0.25, 0.3) is 0 Å². The third kappa shape index (κ3) is 3.92. The first-order valence-electron chi connectivity index (χ1n) is 7.83. The molecule has 3 rings (SSSR count). The highest BCUT2D eigenvalue weighted by atomic mass is 19.1. The van der Waals surface area contributed by atoms with E-state index in [1.54, 1.807) is 12.1 Å². The number of aryl methyl sites for hydroxylation is 1. The predicted molar refractivity (Wildman–Crippen MR) is 84.9 cm³/mol. The maximum Gasteiger partial charge on any atom is 0.123 e. The minimum atomic E-state index is -0.142. The Morgan fingerprint density at radius 1 is 1.05 bits per heavy atom. The molecule has 1 nitrogen and oxygen atoms in total. The molecule has 0 bridgehead atoms. The molecule has 1 aliphatic carbocycles. The molecular formula is C19H22FN. The lowest BCUT2D eigenvalue weighted by Gasteiger charge is -2.24. The third-order valence-electron chi connectivity index (χ3n) is 4.36. The molecule has 1 atom stereocenters. The summed E-state index contributed by atoms with van der Waals surface area (Å²) < 4.78 is 13.1. The lowest BCUT2D eigenvalue weighted by atomic mass is 9.84. The molecule has 0 aliphatic heterocycles.